The van der Waals surface area contributed by atoms with E-state index in [0.29, 0.717) is 16.9 Å². The summed E-state index contributed by atoms with van der Waals surface area (Å²) in [6.45, 7) is 0.250. The Morgan fingerprint density at radius 3 is 2.29 bits per heavy atom. The van der Waals surface area contributed by atoms with Crippen molar-refractivity contribution < 1.29 is 32.5 Å². The number of benzene rings is 3. The summed E-state index contributed by atoms with van der Waals surface area (Å²) >= 11 is 0. The average molecular weight is 428 g/mol. The molecule has 0 aromatic heterocycles. The van der Waals surface area contributed by atoms with Crippen LogP contribution in [0.1, 0.15) is 32.6 Å². The molecule has 31 heavy (non-hydrogen) atoms. The molecule has 0 heterocycles. The monoisotopic (exact) mass is 428 g/mol. The highest BCUT2D eigenvalue weighted by Crippen LogP contribution is 2.32. The molecule has 0 bridgehead atoms. The summed E-state index contributed by atoms with van der Waals surface area (Å²) in [6, 6.07) is 16.8. The molecule has 160 valence electrons. The Labute approximate surface area is 177 Å². The van der Waals surface area contributed by atoms with E-state index in [-0.39, 0.29) is 17.9 Å². The average Bonchev–Trinajstić information content (AvgIpc) is 2.76. The molecule has 0 aliphatic rings. The molecule has 0 spiro atoms. The molecular formula is C24H19F3O4. The van der Waals surface area contributed by atoms with Crippen LogP contribution in [0.15, 0.2) is 66.7 Å². The van der Waals surface area contributed by atoms with E-state index >= 15 is 0 Å². The molecule has 1 N–H and O–H groups in total. The Hall–Kier alpha value is -3.74. The first-order chi connectivity index (χ1) is 14.8. The van der Waals surface area contributed by atoms with Gasteiger partial charge in [-0.2, -0.15) is 13.2 Å². The molecule has 4 nitrogen and oxygen atoms in total. The number of aromatic hydroxyl groups is 1. The predicted molar refractivity (Wildman–Crippen MR) is 111 cm³/mol. The SMILES string of the molecule is COC(=O)c1c(O)cc(OCc2ccccc2)cc1/C=C/c1ccc(C(F)(F)F)cc1. The maximum atomic E-state index is 12.7. The van der Waals surface area contributed by atoms with Crippen molar-refractivity contribution in [2.24, 2.45) is 0 Å². The summed E-state index contributed by atoms with van der Waals surface area (Å²) in [5, 5.41) is 10.4. The highest BCUT2D eigenvalue weighted by molar-refractivity contribution is 5.98. The number of alkyl halides is 3. The van der Waals surface area contributed by atoms with Crippen LogP contribution in [0.4, 0.5) is 13.2 Å². The third-order valence-corrected chi connectivity index (χ3v) is 4.45. The quantitative estimate of drug-likeness (QED) is 0.390. The van der Waals surface area contributed by atoms with Crippen LogP contribution >= 0.6 is 0 Å². The highest BCUT2D eigenvalue weighted by Gasteiger charge is 2.29. The molecule has 0 aliphatic heterocycles. The Kier molecular flexibility index (Phi) is 6.65. The number of halogens is 3. The number of carbonyl (C=O) groups excluding carboxylic acids is 1. The zero-order valence-electron chi connectivity index (χ0n) is 16.5. The van der Waals surface area contributed by atoms with Crippen LogP contribution in [0.5, 0.6) is 11.5 Å². The Morgan fingerprint density at radius 2 is 1.68 bits per heavy atom. The van der Waals surface area contributed by atoms with Gasteiger partial charge in [-0.15, -0.1) is 0 Å². The fourth-order valence-corrected chi connectivity index (χ4v) is 2.87. The third kappa shape index (κ3) is 5.66. The summed E-state index contributed by atoms with van der Waals surface area (Å²) in [5.41, 5.74) is 0.876. The molecule has 0 atom stereocenters. The fourth-order valence-electron chi connectivity index (χ4n) is 2.87. The topological polar surface area (TPSA) is 55.8 Å². The molecule has 0 unspecified atom stereocenters. The normalized spacial score (nSPS) is 11.5. The van der Waals surface area contributed by atoms with Gasteiger partial charge in [-0.3, -0.25) is 0 Å². The van der Waals surface area contributed by atoms with Crippen molar-refractivity contribution in [2.45, 2.75) is 12.8 Å². The minimum atomic E-state index is -4.42. The number of carbonyl (C=O) groups is 1. The van der Waals surface area contributed by atoms with Crippen molar-refractivity contribution in [1.29, 1.82) is 0 Å². The zero-order chi connectivity index (χ0) is 22.4. The van der Waals surface area contributed by atoms with Crippen molar-refractivity contribution in [2.75, 3.05) is 7.11 Å². The van der Waals surface area contributed by atoms with Gasteiger partial charge in [0.05, 0.1) is 12.7 Å². The van der Waals surface area contributed by atoms with Crippen molar-refractivity contribution in [3.8, 4) is 11.5 Å². The van der Waals surface area contributed by atoms with Gasteiger partial charge in [-0.25, -0.2) is 4.79 Å². The first-order valence-electron chi connectivity index (χ1n) is 9.25. The second-order valence-electron chi connectivity index (χ2n) is 6.63. The van der Waals surface area contributed by atoms with Crippen molar-refractivity contribution in [3.63, 3.8) is 0 Å². The number of methoxy groups -OCH3 is 1. The number of hydrogen-bond acceptors (Lipinski definition) is 4. The van der Waals surface area contributed by atoms with Crippen LogP contribution in [0.3, 0.4) is 0 Å². The molecule has 0 fully saturated rings. The molecule has 0 aliphatic carbocycles. The van der Waals surface area contributed by atoms with Gasteiger partial charge < -0.3 is 14.6 Å². The lowest BCUT2D eigenvalue weighted by atomic mass is 10.0. The smallest absolute Gasteiger partial charge is 0.416 e. The lowest BCUT2D eigenvalue weighted by Crippen LogP contribution is -2.05. The van der Waals surface area contributed by atoms with E-state index in [2.05, 4.69) is 0 Å². The van der Waals surface area contributed by atoms with Crippen LogP contribution in [-0.2, 0) is 17.5 Å². The third-order valence-electron chi connectivity index (χ3n) is 4.45. The maximum Gasteiger partial charge on any atom is 0.416 e. The van der Waals surface area contributed by atoms with Gasteiger partial charge in [-0.05, 0) is 34.9 Å². The van der Waals surface area contributed by atoms with Crippen LogP contribution in [-0.4, -0.2) is 18.2 Å². The fraction of sp³-hybridized carbons (Fsp3) is 0.125. The molecular weight excluding hydrogens is 409 g/mol. The van der Waals surface area contributed by atoms with Gasteiger partial charge in [0.2, 0.25) is 0 Å². The van der Waals surface area contributed by atoms with Gasteiger partial charge in [0, 0.05) is 6.07 Å². The molecule has 0 radical (unpaired) electrons. The van der Waals surface area contributed by atoms with E-state index in [1.54, 1.807) is 6.07 Å². The van der Waals surface area contributed by atoms with Gasteiger partial charge in [0.25, 0.3) is 0 Å². The van der Waals surface area contributed by atoms with Crippen LogP contribution in [0.25, 0.3) is 12.2 Å². The van der Waals surface area contributed by atoms with Crippen molar-refractivity contribution in [3.05, 3.63) is 94.5 Å². The van der Waals surface area contributed by atoms with E-state index < -0.39 is 17.7 Å². The van der Waals surface area contributed by atoms with E-state index in [4.69, 9.17) is 9.47 Å². The lowest BCUT2D eigenvalue weighted by Gasteiger charge is -2.12. The van der Waals surface area contributed by atoms with Gasteiger partial charge in [-0.1, -0.05) is 54.6 Å². The second kappa shape index (κ2) is 9.38. The minimum absolute atomic E-state index is 0.0716. The number of phenolic OH excluding ortho intramolecular Hbond substituents is 1. The first kappa shape index (κ1) is 22.0. The lowest BCUT2D eigenvalue weighted by molar-refractivity contribution is -0.137. The number of hydrogen-bond donors (Lipinski definition) is 1. The zero-order valence-corrected chi connectivity index (χ0v) is 16.5. The van der Waals surface area contributed by atoms with E-state index in [0.717, 1.165) is 17.7 Å². The second-order valence-corrected chi connectivity index (χ2v) is 6.63. The minimum Gasteiger partial charge on any atom is -0.507 e. The molecule has 0 amide bonds. The molecule has 3 rings (SSSR count). The Morgan fingerprint density at radius 1 is 1.00 bits per heavy atom. The number of rotatable bonds is 6. The predicted octanol–water partition coefficient (Wildman–Crippen LogP) is 5.95. The van der Waals surface area contributed by atoms with Gasteiger partial charge in [0.15, 0.2) is 0 Å². The number of ether oxygens (including phenoxy) is 2. The molecule has 3 aromatic carbocycles. The molecule has 0 saturated carbocycles. The van der Waals surface area contributed by atoms with Gasteiger partial charge in [0.1, 0.15) is 23.7 Å². The van der Waals surface area contributed by atoms with Crippen molar-refractivity contribution in [1.82, 2.24) is 0 Å². The molecule has 3 aromatic rings. The van der Waals surface area contributed by atoms with Gasteiger partial charge >= 0.3 is 12.1 Å². The number of phenols is 1. The number of esters is 1. The Bertz CT molecular complexity index is 1070. The van der Waals surface area contributed by atoms with E-state index in [9.17, 15) is 23.1 Å². The van der Waals surface area contributed by atoms with Crippen molar-refractivity contribution >= 4 is 18.1 Å². The van der Waals surface area contributed by atoms with E-state index in [1.165, 1.54) is 37.5 Å². The molecule has 7 heteroatoms. The first-order valence-corrected chi connectivity index (χ1v) is 9.25. The Balaban J connectivity index is 1.89. The standard InChI is InChI=1S/C24H19F3O4/c1-30-23(29)22-18(10-7-16-8-11-19(12-9-16)24(25,26)27)13-20(14-21(22)28)31-15-17-5-3-2-4-6-17/h2-14,28H,15H2,1H3/b10-7+. The van der Waals surface area contributed by atoms with Crippen LogP contribution in [0.2, 0.25) is 0 Å². The molecule has 0 saturated heterocycles. The highest BCUT2D eigenvalue weighted by atomic mass is 19.4. The summed E-state index contributed by atoms with van der Waals surface area (Å²) in [6.07, 6.45) is -1.39. The summed E-state index contributed by atoms with van der Waals surface area (Å²) in [7, 11) is 1.19. The largest absolute Gasteiger partial charge is 0.507 e. The summed E-state index contributed by atoms with van der Waals surface area (Å²) < 4.78 is 48.6. The maximum absolute atomic E-state index is 12.7. The van der Waals surface area contributed by atoms with E-state index in [1.807, 2.05) is 30.3 Å². The summed E-state index contributed by atoms with van der Waals surface area (Å²) in [4.78, 5) is 12.1. The van der Waals surface area contributed by atoms with Crippen LogP contribution in [0, 0.1) is 0 Å². The summed E-state index contributed by atoms with van der Waals surface area (Å²) in [5.74, 6) is -0.760. The van der Waals surface area contributed by atoms with Crippen LogP contribution < -0.4 is 4.74 Å².